The lowest BCUT2D eigenvalue weighted by molar-refractivity contribution is 0.0651. The summed E-state index contributed by atoms with van der Waals surface area (Å²) in [5.74, 6) is -2.36. The van der Waals surface area contributed by atoms with Gasteiger partial charge in [0, 0.05) is 19.5 Å². The number of fused-ring (bicyclic) bond motifs is 1. The quantitative estimate of drug-likeness (QED) is 0.650. The average Bonchev–Trinajstić information content (AvgIpc) is 2.97. The summed E-state index contributed by atoms with van der Waals surface area (Å²) in [6.45, 7) is 7.57. The molecule has 0 atom stereocenters. The second-order valence-electron chi connectivity index (χ2n) is 5.33. The van der Waals surface area contributed by atoms with Crippen molar-refractivity contribution < 1.29 is 19.8 Å². The predicted molar refractivity (Wildman–Crippen MR) is 99.0 cm³/mol. The van der Waals surface area contributed by atoms with Crippen molar-refractivity contribution in [1.29, 1.82) is 0 Å². The van der Waals surface area contributed by atoms with Gasteiger partial charge in [-0.25, -0.2) is 9.59 Å². The Morgan fingerprint density at radius 3 is 1.38 bits per heavy atom. The molecule has 0 saturated heterocycles. The number of carboxylic acids is 2. The normalized spacial score (nSPS) is 10.3. The highest BCUT2D eigenvalue weighted by molar-refractivity contribution is 7.13. The Labute approximate surface area is 148 Å². The number of carbonyl (C=O) groups is 2. The van der Waals surface area contributed by atoms with E-state index in [4.69, 9.17) is 10.2 Å². The largest absolute Gasteiger partial charge is 0.478 e. The Hall–Kier alpha value is -2.18. The molecule has 0 radical (unpaired) electrons. The van der Waals surface area contributed by atoms with Crippen molar-refractivity contribution in [3.63, 3.8) is 0 Å². The summed E-state index contributed by atoms with van der Waals surface area (Å²) in [7, 11) is 0. The molecule has 3 rings (SSSR count). The Morgan fingerprint density at radius 2 is 1.04 bits per heavy atom. The minimum Gasteiger partial charge on any atom is -0.478 e. The van der Waals surface area contributed by atoms with Crippen molar-refractivity contribution in [3.05, 3.63) is 54.9 Å². The molecule has 0 amide bonds. The molecule has 2 aromatic heterocycles. The van der Waals surface area contributed by atoms with Crippen LogP contribution >= 0.6 is 22.7 Å². The highest BCUT2D eigenvalue weighted by Gasteiger charge is 2.23. The van der Waals surface area contributed by atoms with Gasteiger partial charge in [0.1, 0.15) is 0 Å². The van der Waals surface area contributed by atoms with Crippen LogP contribution in [-0.2, 0) is 0 Å². The van der Waals surface area contributed by atoms with E-state index in [0.717, 1.165) is 0 Å². The van der Waals surface area contributed by atoms with Crippen molar-refractivity contribution in [2.75, 3.05) is 0 Å². The molecule has 0 fully saturated rings. The van der Waals surface area contributed by atoms with Crippen LogP contribution in [0.4, 0.5) is 0 Å². The lowest BCUT2D eigenvalue weighted by Crippen LogP contribution is -2.07. The highest BCUT2D eigenvalue weighted by Crippen LogP contribution is 2.29. The number of aryl methyl sites for hydroxylation is 4. The summed E-state index contributed by atoms with van der Waals surface area (Å²) < 4.78 is 0. The number of aromatic carboxylic acids is 2. The van der Waals surface area contributed by atoms with Crippen molar-refractivity contribution in [2.24, 2.45) is 0 Å². The monoisotopic (exact) mass is 362 g/mol. The summed E-state index contributed by atoms with van der Waals surface area (Å²) in [6, 6.07) is 8.57. The van der Waals surface area contributed by atoms with E-state index in [1.54, 1.807) is 13.8 Å². The summed E-state index contributed by atoms with van der Waals surface area (Å²) in [6.07, 6.45) is 0. The predicted octanol–water partition coefficient (Wildman–Crippen LogP) is 5.28. The molecule has 6 heteroatoms. The van der Waals surface area contributed by atoms with Crippen LogP contribution in [0, 0.1) is 27.7 Å². The molecule has 0 aliphatic rings. The zero-order valence-corrected chi connectivity index (χ0v) is 15.5. The molecule has 2 heterocycles. The topological polar surface area (TPSA) is 74.6 Å². The zero-order chi connectivity index (χ0) is 18.0. The number of thiophene rings is 2. The first-order valence-electron chi connectivity index (χ1n) is 7.25. The summed E-state index contributed by atoms with van der Waals surface area (Å²) in [4.78, 5) is 25.3. The van der Waals surface area contributed by atoms with E-state index >= 15 is 0 Å². The molecule has 126 valence electrons. The molecule has 0 unspecified atom stereocenters. The molecule has 0 bridgehead atoms. The van der Waals surface area contributed by atoms with Gasteiger partial charge < -0.3 is 10.2 Å². The van der Waals surface area contributed by atoms with Crippen molar-refractivity contribution >= 4 is 45.4 Å². The van der Waals surface area contributed by atoms with Crippen molar-refractivity contribution in [2.45, 2.75) is 27.7 Å². The third-order valence-corrected chi connectivity index (χ3v) is 5.75. The second kappa shape index (κ2) is 7.15. The molecule has 0 spiro atoms. The van der Waals surface area contributed by atoms with E-state index in [1.807, 2.05) is 11.3 Å². The fourth-order valence-corrected chi connectivity index (χ4v) is 4.71. The molecule has 2 N–H and O–H groups in total. The Balaban J connectivity index is 0.000000175. The summed E-state index contributed by atoms with van der Waals surface area (Å²) in [5.41, 5.74) is -0.176. The average molecular weight is 362 g/mol. The minimum absolute atomic E-state index is 0.0880. The molecule has 0 aliphatic carbocycles. The SMILES string of the molecule is Cc1sc(C)c(C(=O)O)c1C(=O)O.Cc1sc(C)c2ccccc12. The lowest BCUT2D eigenvalue weighted by atomic mass is 10.1. The number of benzene rings is 1. The van der Waals surface area contributed by atoms with E-state index < -0.39 is 11.9 Å². The number of rotatable bonds is 2. The second-order valence-corrected chi connectivity index (χ2v) is 8.19. The van der Waals surface area contributed by atoms with Gasteiger partial charge in [0.15, 0.2) is 0 Å². The van der Waals surface area contributed by atoms with Crippen molar-refractivity contribution in [3.8, 4) is 0 Å². The maximum absolute atomic E-state index is 10.7. The molecule has 1 aromatic carbocycles. The van der Waals surface area contributed by atoms with Gasteiger partial charge in [-0.15, -0.1) is 22.7 Å². The van der Waals surface area contributed by atoms with Gasteiger partial charge in [-0.05, 0) is 38.5 Å². The van der Waals surface area contributed by atoms with Gasteiger partial charge in [0.05, 0.1) is 11.1 Å². The smallest absolute Gasteiger partial charge is 0.337 e. The standard InChI is InChI=1S/C10H10S.C8H8O4S/c1-7-9-5-3-4-6-10(9)8(2)11-7;1-3-5(7(9)10)6(8(11)12)4(2)13-3/h3-6H,1-2H3;1-2H3,(H,9,10)(H,11,12). The van der Waals surface area contributed by atoms with Crippen LogP contribution in [0.5, 0.6) is 0 Å². The van der Waals surface area contributed by atoms with E-state index in [2.05, 4.69) is 38.1 Å². The highest BCUT2D eigenvalue weighted by atomic mass is 32.1. The van der Waals surface area contributed by atoms with E-state index in [9.17, 15) is 9.59 Å². The third kappa shape index (κ3) is 3.49. The Morgan fingerprint density at radius 1 is 0.708 bits per heavy atom. The molecule has 3 aromatic rings. The fraction of sp³-hybridized carbons (Fsp3) is 0.222. The summed E-state index contributed by atoms with van der Waals surface area (Å²) in [5, 5.41) is 20.3. The van der Waals surface area contributed by atoms with E-state index in [-0.39, 0.29) is 11.1 Å². The van der Waals surface area contributed by atoms with Crippen LogP contribution in [-0.4, -0.2) is 22.2 Å². The first-order valence-corrected chi connectivity index (χ1v) is 8.88. The van der Waals surface area contributed by atoms with Gasteiger partial charge in [-0.2, -0.15) is 0 Å². The first kappa shape index (κ1) is 18.2. The van der Waals surface area contributed by atoms with Gasteiger partial charge >= 0.3 is 11.9 Å². The van der Waals surface area contributed by atoms with Gasteiger partial charge in [0.2, 0.25) is 0 Å². The number of hydrogen-bond acceptors (Lipinski definition) is 4. The van der Waals surface area contributed by atoms with Gasteiger partial charge in [0.25, 0.3) is 0 Å². The number of hydrogen-bond donors (Lipinski definition) is 2. The minimum atomic E-state index is -1.18. The maximum atomic E-state index is 10.7. The molecule has 0 aliphatic heterocycles. The first-order chi connectivity index (χ1) is 11.2. The van der Waals surface area contributed by atoms with E-state index in [0.29, 0.717) is 9.75 Å². The fourth-order valence-electron chi connectivity index (χ4n) is 2.64. The summed E-state index contributed by atoms with van der Waals surface area (Å²) >= 11 is 3.07. The van der Waals surface area contributed by atoms with Gasteiger partial charge in [-0.1, -0.05) is 24.3 Å². The van der Waals surface area contributed by atoms with Crippen LogP contribution < -0.4 is 0 Å². The molecule has 4 nitrogen and oxygen atoms in total. The zero-order valence-electron chi connectivity index (χ0n) is 13.8. The van der Waals surface area contributed by atoms with E-state index in [1.165, 1.54) is 31.9 Å². The number of carboxylic acid groups (broad SMARTS) is 2. The third-order valence-electron chi connectivity index (χ3n) is 3.68. The molecule has 24 heavy (non-hydrogen) atoms. The molecular formula is C18H18O4S2. The van der Waals surface area contributed by atoms with Crippen LogP contribution in [0.25, 0.3) is 10.8 Å². The molecule has 0 saturated carbocycles. The van der Waals surface area contributed by atoms with Crippen LogP contribution in [0.3, 0.4) is 0 Å². The van der Waals surface area contributed by atoms with Crippen LogP contribution in [0.1, 0.15) is 40.2 Å². The maximum Gasteiger partial charge on any atom is 0.337 e. The van der Waals surface area contributed by atoms with Crippen molar-refractivity contribution in [1.82, 2.24) is 0 Å². The Bertz CT molecular complexity index is 848. The van der Waals surface area contributed by atoms with Crippen LogP contribution in [0.15, 0.2) is 24.3 Å². The molecular weight excluding hydrogens is 344 g/mol. The Kier molecular flexibility index (Phi) is 5.41. The lowest BCUT2D eigenvalue weighted by Gasteiger charge is -1.95. The van der Waals surface area contributed by atoms with Gasteiger partial charge in [-0.3, -0.25) is 0 Å². The van der Waals surface area contributed by atoms with Crippen LogP contribution in [0.2, 0.25) is 0 Å².